The molecule has 1 aromatic carbocycles. The number of benzene rings is 1. The predicted octanol–water partition coefficient (Wildman–Crippen LogP) is 2.56. The number of likely N-dealkylation sites (tertiary alicyclic amines) is 1. The van der Waals surface area contributed by atoms with Crippen LogP contribution in [-0.2, 0) is 0 Å². The average Bonchev–Trinajstić information content (AvgIpc) is 3.31. The monoisotopic (exact) mass is 329 g/mol. The SMILES string of the molecule is O=C(Nc1ccc(-c2nncs2)cc1)N1CCCC12CCNC2. The van der Waals surface area contributed by atoms with Gasteiger partial charge in [0.15, 0.2) is 0 Å². The summed E-state index contributed by atoms with van der Waals surface area (Å²) in [5.41, 5.74) is 3.57. The number of aromatic nitrogens is 2. The number of nitrogens with zero attached hydrogens (tertiary/aromatic N) is 3. The summed E-state index contributed by atoms with van der Waals surface area (Å²) in [6.45, 7) is 2.76. The van der Waals surface area contributed by atoms with Gasteiger partial charge in [0.1, 0.15) is 10.5 Å². The van der Waals surface area contributed by atoms with Crippen LogP contribution in [0.4, 0.5) is 10.5 Å². The average molecular weight is 329 g/mol. The number of anilines is 1. The Hall–Kier alpha value is -1.99. The second-order valence-electron chi connectivity index (χ2n) is 6.16. The zero-order valence-corrected chi connectivity index (χ0v) is 13.6. The molecule has 2 amide bonds. The number of hydrogen-bond acceptors (Lipinski definition) is 5. The third-order valence-corrected chi connectivity index (χ3v) is 5.55. The third-order valence-electron chi connectivity index (χ3n) is 4.81. The molecule has 2 saturated heterocycles. The molecular formula is C16H19N5OS. The van der Waals surface area contributed by atoms with Crippen LogP contribution in [-0.4, -0.2) is 46.3 Å². The lowest BCUT2D eigenvalue weighted by molar-refractivity contribution is 0.168. The van der Waals surface area contributed by atoms with Crippen molar-refractivity contribution in [1.82, 2.24) is 20.4 Å². The van der Waals surface area contributed by atoms with Gasteiger partial charge in [0.05, 0.1) is 5.54 Å². The molecule has 3 heterocycles. The molecule has 1 atom stereocenters. The van der Waals surface area contributed by atoms with Gasteiger partial charge in [0, 0.05) is 24.3 Å². The summed E-state index contributed by atoms with van der Waals surface area (Å²) in [5, 5.41) is 15.2. The first-order chi connectivity index (χ1) is 11.3. The normalized spacial score (nSPS) is 23.6. The summed E-state index contributed by atoms with van der Waals surface area (Å²) >= 11 is 1.50. The molecule has 0 aliphatic carbocycles. The van der Waals surface area contributed by atoms with Crippen LogP contribution in [0.1, 0.15) is 19.3 Å². The number of amides is 2. The van der Waals surface area contributed by atoms with Gasteiger partial charge in [0.25, 0.3) is 0 Å². The maximum atomic E-state index is 12.7. The minimum absolute atomic E-state index is 0.00913. The van der Waals surface area contributed by atoms with Crippen LogP contribution in [0, 0.1) is 0 Å². The van der Waals surface area contributed by atoms with Crippen molar-refractivity contribution in [3.63, 3.8) is 0 Å². The number of carbonyl (C=O) groups excluding carboxylic acids is 1. The molecule has 120 valence electrons. The maximum Gasteiger partial charge on any atom is 0.322 e. The van der Waals surface area contributed by atoms with Gasteiger partial charge in [-0.1, -0.05) is 11.3 Å². The van der Waals surface area contributed by atoms with E-state index in [1.807, 2.05) is 29.2 Å². The molecule has 2 aliphatic rings. The molecule has 7 heteroatoms. The molecule has 2 aliphatic heterocycles. The van der Waals surface area contributed by atoms with E-state index in [-0.39, 0.29) is 11.6 Å². The topological polar surface area (TPSA) is 70.2 Å². The number of nitrogens with one attached hydrogen (secondary N) is 2. The van der Waals surface area contributed by atoms with Gasteiger partial charge in [-0.2, -0.15) is 0 Å². The molecule has 0 saturated carbocycles. The second kappa shape index (κ2) is 5.90. The Morgan fingerprint density at radius 1 is 1.30 bits per heavy atom. The van der Waals surface area contributed by atoms with E-state index in [0.717, 1.165) is 55.2 Å². The van der Waals surface area contributed by atoms with Crippen molar-refractivity contribution < 1.29 is 4.79 Å². The van der Waals surface area contributed by atoms with Crippen LogP contribution < -0.4 is 10.6 Å². The zero-order chi connectivity index (χ0) is 15.7. The van der Waals surface area contributed by atoms with E-state index in [4.69, 9.17) is 0 Å². The highest BCUT2D eigenvalue weighted by atomic mass is 32.1. The van der Waals surface area contributed by atoms with Gasteiger partial charge in [-0.25, -0.2) is 4.79 Å². The second-order valence-corrected chi connectivity index (χ2v) is 6.99. The van der Waals surface area contributed by atoms with Gasteiger partial charge in [-0.3, -0.25) is 0 Å². The summed E-state index contributed by atoms with van der Waals surface area (Å²) < 4.78 is 0. The Bertz CT molecular complexity index is 673. The minimum Gasteiger partial charge on any atom is -0.318 e. The highest BCUT2D eigenvalue weighted by molar-refractivity contribution is 7.12. The number of carbonyl (C=O) groups is 1. The first-order valence-corrected chi connectivity index (χ1v) is 8.81. The lowest BCUT2D eigenvalue weighted by Crippen LogP contribution is -2.50. The van der Waals surface area contributed by atoms with Crippen molar-refractivity contribution in [3.05, 3.63) is 29.8 Å². The van der Waals surface area contributed by atoms with Gasteiger partial charge >= 0.3 is 6.03 Å². The Labute approximate surface area is 138 Å². The molecular weight excluding hydrogens is 310 g/mol. The molecule has 1 spiro atoms. The third kappa shape index (κ3) is 2.70. The molecule has 1 unspecified atom stereocenters. The fourth-order valence-electron chi connectivity index (χ4n) is 3.62. The molecule has 2 aromatic rings. The molecule has 2 N–H and O–H groups in total. The quantitative estimate of drug-likeness (QED) is 0.888. The van der Waals surface area contributed by atoms with Crippen molar-refractivity contribution in [2.75, 3.05) is 25.0 Å². The minimum atomic E-state index is 0.00913. The van der Waals surface area contributed by atoms with Crippen LogP contribution in [0.25, 0.3) is 10.6 Å². The van der Waals surface area contributed by atoms with Gasteiger partial charge in [-0.15, -0.1) is 10.2 Å². The van der Waals surface area contributed by atoms with Crippen molar-refractivity contribution in [2.24, 2.45) is 0 Å². The van der Waals surface area contributed by atoms with Gasteiger partial charge < -0.3 is 15.5 Å². The fraction of sp³-hybridized carbons (Fsp3) is 0.438. The van der Waals surface area contributed by atoms with E-state index in [0.29, 0.717) is 0 Å². The summed E-state index contributed by atoms with van der Waals surface area (Å²) in [6, 6.07) is 7.78. The fourth-order valence-corrected chi connectivity index (χ4v) is 4.18. The number of hydrogen-bond donors (Lipinski definition) is 2. The first-order valence-electron chi connectivity index (χ1n) is 7.93. The first kappa shape index (κ1) is 14.6. The summed E-state index contributed by atoms with van der Waals surface area (Å²) in [6.07, 6.45) is 3.24. The summed E-state index contributed by atoms with van der Waals surface area (Å²) in [4.78, 5) is 14.7. The Kier molecular flexibility index (Phi) is 3.74. The molecule has 0 bridgehead atoms. The molecule has 6 nitrogen and oxygen atoms in total. The number of urea groups is 1. The largest absolute Gasteiger partial charge is 0.322 e. The van der Waals surface area contributed by atoms with E-state index in [9.17, 15) is 4.79 Å². The molecule has 23 heavy (non-hydrogen) atoms. The molecule has 1 aromatic heterocycles. The van der Waals surface area contributed by atoms with Crippen molar-refractivity contribution in [3.8, 4) is 10.6 Å². The Morgan fingerprint density at radius 3 is 2.87 bits per heavy atom. The Morgan fingerprint density at radius 2 is 2.17 bits per heavy atom. The predicted molar refractivity (Wildman–Crippen MR) is 90.5 cm³/mol. The molecule has 2 fully saturated rings. The summed E-state index contributed by atoms with van der Waals surface area (Å²) in [7, 11) is 0. The van der Waals surface area contributed by atoms with Crippen LogP contribution in [0.3, 0.4) is 0 Å². The van der Waals surface area contributed by atoms with Gasteiger partial charge in [0.2, 0.25) is 0 Å². The number of rotatable bonds is 2. The van der Waals surface area contributed by atoms with E-state index < -0.39 is 0 Å². The van der Waals surface area contributed by atoms with E-state index in [1.54, 1.807) is 5.51 Å². The van der Waals surface area contributed by atoms with Crippen LogP contribution in [0.2, 0.25) is 0 Å². The van der Waals surface area contributed by atoms with Crippen LogP contribution in [0.15, 0.2) is 29.8 Å². The molecule has 0 radical (unpaired) electrons. The van der Waals surface area contributed by atoms with Gasteiger partial charge in [-0.05, 0) is 50.1 Å². The van der Waals surface area contributed by atoms with Crippen LogP contribution in [0.5, 0.6) is 0 Å². The highest BCUT2D eigenvalue weighted by Crippen LogP contribution is 2.35. The summed E-state index contributed by atoms with van der Waals surface area (Å²) in [5.74, 6) is 0. The lowest BCUT2D eigenvalue weighted by Gasteiger charge is -2.34. The van der Waals surface area contributed by atoms with E-state index >= 15 is 0 Å². The molecule has 4 rings (SSSR count). The standard InChI is InChI=1S/C16H19N5OS/c22-15(21-9-1-6-16(21)7-8-17-10-16)19-13-4-2-12(3-5-13)14-20-18-11-23-14/h2-5,11,17H,1,6-10H2,(H,19,22). The zero-order valence-electron chi connectivity index (χ0n) is 12.8. The van der Waals surface area contributed by atoms with Crippen molar-refractivity contribution in [1.29, 1.82) is 0 Å². The Balaban J connectivity index is 1.46. The van der Waals surface area contributed by atoms with E-state index in [1.165, 1.54) is 11.3 Å². The van der Waals surface area contributed by atoms with E-state index in [2.05, 4.69) is 20.8 Å². The highest BCUT2D eigenvalue weighted by Gasteiger charge is 2.45. The van der Waals surface area contributed by atoms with Crippen molar-refractivity contribution in [2.45, 2.75) is 24.8 Å². The lowest BCUT2D eigenvalue weighted by atomic mass is 9.95. The van der Waals surface area contributed by atoms with Crippen LogP contribution >= 0.6 is 11.3 Å². The van der Waals surface area contributed by atoms with Crippen molar-refractivity contribution >= 4 is 23.1 Å². The smallest absolute Gasteiger partial charge is 0.318 e. The maximum absolute atomic E-state index is 12.7.